The Kier molecular flexibility index (Phi) is 4.99. The fourth-order valence-electron chi connectivity index (χ4n) is 3.32. The number of nitrogens with zero attached hydrogens (tertiary/aromatic N) is 3. The van der Waals surface area contributed by atoms with Crippen LogP contribution in [-0.2, 0) is 0 Å². The molecule has 1 aromatic heterocycles. The molecular formula is C21H23N3O2S. The second-order valence-electron chi connectivity index (χ2n) is 7.00. The van der Waals surface area contributed by atoms with Crippen molar-refractivity contribution in [1.82, 2.24) is 9.88 Å². The van der Waals surface area contributed by atoms with Gasteiger partial charge in [-0.25, -0.2) is 4.98 Å². The number of ether oxygens (including phenoxy) is 1. The second-order valence-corrected chi connectivity index (χ2v) is 7.99. The number of benzene rings is 2. The summed E-state index contributed by atoms with van der Waals surface area (Å²) < 4.78 is 7.23. The van der Waals surface area contributed by atoms with E-state index in [4.69, 9.17) is 4.74 Å². The number of carbonyl (C=O) groups is 1. The molecule has 0 spiro atoms. The highest BCUT2D eigenvalue weighted by atomic mass is 32.1. The average molecular weight is 382 g/mol. The predicted molar refractivity (Wildman–Crippen MR) is 110 cm³/mol. The van der Waals surface area contributed by atoms with Gasteiger partial charge in [0.05, 0.1) is 10.2 Å². The Morgan fingerprint density at radius 3 is 2.67 bits per heavy atom. The molecule has 2 aromatic carbocycles. The van der Waals surface area contributed by atoms with Crippen LogP contribution in [0.1, 0.15) is 23.2 Å². The van der Waals surface area contributed by atoms with E-state index in [0.717, 1.165) is 39.5 Å². The molecule has 0 unspecified atom stereocenters. The molecule has 140 valence electrons. The molecule has 1 fully saturated rings. The van der Waals surface area contributed by atoms with Crippen molar-refractivity contribution < 1.29 is 9.53 Å². The van der Waals surface area contributed by atoms with Gasteiger partial charge >= 0.3 is 0 Å². The maximum Gasteiger partial charge on any atom is 0.274 e. The van der Waals surface area contributed by atoms with Crippen molar-refractivity contribution >= 4 is 33.1 Å². The lowest BCUT2D eigenvalue weighted by Gasteiger charge is -2.31. The summed E-state index contributed by atoms with van der Waals surface area (Å²) in [6.07, 6.45) is 1.77. The average Bonchev–Trinajstić information content (AvgIpc) is 3.10. The topological polar surface area (TPSA) is 45.7 Å². The molecule has 0 atom stereocenters. The first-order chi connectivity index (χ1) is 13.1. The zero-order chi connectivity index (χ0) is 18.8. The molecule has 3 aromatic rings. The fourth-order valence-corrected chi connectivity index (χ4v) is 4.20. The van der Waals surface area contributed by atoms with Crippen LogP contribution in [0.4, 0.5) is 5.69 Å². The van der Waals surface area contributed by atoms with Crippen molar-refractivity contribution in [2.24, 2.45) is 0 Å². The molecule has 0 saturated carbocycles. The quantitative estimate of drug-likeness (QED) is 0.684. The maximum atomic E-state index is 12.8. The van der Waals surface area contributed by atoms with E-state index in [1.54, 1.807) is 11.3 Å². The maximum absolute atomic E-state index is 12.8. The lowest BCUT2D eigenvalue weighted by atomic mass is 10.1. The number of rotatable bonds is 4. The number of fused-ring (bicyclic) bond motifs is 1. The smallest absolute Gasteiger partial charge is 0.274 e. The molecule has 0 radical (unpaired) electrons. The van der Waals surface area contributed by atoms with Gasteiger partial charge in [0.25, 0.3) is 11.1 Å². The molecule has 6 heteroatoms. The van der Waals surface area contributed by atoms with Crippen molar-refractivity contribution in [2.75, 3.05) is 32.1 Å². The highest BCUT2D eigenvalue weighted by Gasteiger charge is 2.25. The van der Waals surface area contributed by atoms with Crippen LogP contribution in [0.2, 0.25) is 0 Å². The minimum Gasteiger partial charge on any atom is -0.467 e. The van der Waals surface area contributed by atoms with Gasteiger partial charge in [0.2, 0.25) is 0 Å². The number of hydrogen-bond donors (Lipinski definition) is 0. The summed E-state index contributed by atoms with van der Waals surface area (Å²) in [4.78, 5) is 21.3. The predicted octanol–water partition coefficient (Wildman–Crippen LogP) is 4.05. The van der Waals surface area contributed by atoms with Crippen molar-refractivity contribution in [3.63, 3.8) is 0 Å². The molecule has 4 rings (SSSR count). The lowest BCUT2D eigenvalue weighted by molar-refractivity contribution is 0.0595. The van der Waals surface area contributed by atoms with Gasteiger partial charge in [-0.3, -0.25) is 4.79 Å². The second kappa shape index (κ2) is 7.56. The van der Waals surface area contributed by atoms with E-state index in [2.05, 4.69) is 11.1 Å². The number of thiazole rings is 1. The summed E-state index contributed by atoms with van der Waals surface area (Å²) in [5.74, 6) is 0.0946. The highest BCUT2D eigenvalue weighted by molar-refractivity contribution is 7.20. The number of anilines is 1. The zero-order valence-corrected chi connectivity index (χ0v) is 16.4. The van der Waals surface area contributed by atoms with Gasteiger partial charge in [-0.05, 0) is 30.3 Å². The normalized spacial score (nSPS) is 15.1. The molecule has 1 saturated heterocycles. The number of carbonyl (C=O) groups excluding carboxylic acids is 1. The van der Waals surface area contributed by atoms with Gasteiger partial charge in [0.1, 0.15) is 6.10 Å². The third-order valence-electron chi connectivity index (χ3n) is 4.88. The number of para-hydroxylation sites is 1. The Morgan fingerprint density at radius 2 is 1.93 bits per heavy atom. The Labute approximate surface area is 163 Å². The van der Waals surface area contributed by atoms with Crippen LogP contribution in [0, 0.1) is 0 Å². The number of amides is 1. The molecular weight excluding hydrogens is 358 g/mol. The van der Waals surface area contributed by atoms with E-state index in [9.17, 15) is 4.79 Å². The van der Waals surface area contributed by atoms with Gasteiger partial charge in [0, 0.05) is 51.3 Å². The van der Waals surface area contributed by atoms with Crippen molar-refractivity contribution in [3.8, 4) is 5.19 Å². The largest absolute Gasteiger partial charge is 0.467 e. The van der Waals surface area contributed by atoms with Crippen molar-refractivity contribution in [3.05, 3.63) is 54.1 Å². The van der Waals surface area contributed by atoms with Crippen LogP contribution in [0.3, 0.4) is 0 Å². The SMILES string of the molecule is CN(C)c1cccc(C(=O)N2CCC(Oc3nc4ccccc4s3)CC2)c1. The number of likely N-dealkylation sites (tertiary alicyclic amines) is 1. The summed E-state index contributed by atoms with van der Waals surface area (Å²) in [5.41, 5.74) is 2.76. The summed E-state index contributed by atoms with van der Waals surface area (Å²) in [6.45, 7) is 1.42. The summed E-state index contributed by atoms with van der Waals surface area (Å²) >= 11 is 1.58. The van der Waals surface area contributed by atoms with Gasteiger partial charge in [-0.2, -0.15) is 0 Å². The molecule has 27 heavy (non-hydrogen) atoms. The van der Waals surface area contributed by atoms with Crippen LogP contribution in [0.15, 0.2) is 48.5 Å². The summed E-state index contributed by atoms with van der Waals surface area (Å²) in [5, 5.41) is 0.722. The van der Waals surface area contributed by atoms with Gasteiger partial charge in [-0.15, -0.1) is 0 Å². The molecule has 0 aliphatic carbocycles. The molecule has 1 aliphatic heterocycles. The Morgan fingerprint density at radius 1 is 1.15 bits per heavy atom. The highest BCUT2D eigenvalue weighted by Crippen LogP contribution is 2.29. The van der Waals surface area contributed by atoms with Gasteiger partial charge < -0.3 is 14.5 Å². The van der Waals surface area contributed by atoms with Crippen molar-refractivity contribution in [2.45, 2.75) is 18.9 Å². The third kappa shape index (κ3) is 3.90. The minimum absolute atomic E-state index is 0.0946. The van der Waals surface area contributed by atoms with E-state index >= 15 is 0 Å². The van der Waals surface area contributed by atoms with E-state index in [-0.39, 0.29) is 12.0 Å². The van der Waals surface area contributed by atoms with E-state index in [1.165, 1.54) is 0 Å². The molecule has 2 heterocycles. The molecule has 1 aliphatic rings. The first-order valence-corrected chi connectivity index (χ1v) is 10.0. The Balaban J connectivity index is 1.37. The van der Waals surface area contributed by atoms with Gasteiger partial charge in [0.15, 0.2) is 0 Å². The standard InChI is InChI=1S/C21H23N3O2S/c1-23(2)16-7-5-6-15(14-16)20(25)24-12-10-17(11-13-24)26-21-22-18-8-3-4-9-19(18)27-21/h3-9,14,17H,10-13H2,1-2H3. The Bertz CT molecular complexity index is 912. The molecule has 1 amide bonds. The van der Waals surface area contributed by atoms with Crippen molar-refractivity contribution in [1.29, 1.82) is 0 Å². The lowest BCUT2D eigenvalue weighted by Crippen LogP contribution is -2.41. The van der Waals surface area contributed by atoms with E-state index < -0.39 is 0 Å². The number of aromatic nitrogens is 1. The molecule has 0 N–H and O–H groups in total. The summed E-state index contributed by atoms with van der Waals surface area (Å²) in [7, 11) is 3.96. The first kappa shape index (κ1) is 17.8. The molecule has 5 nitrogen and oxygen atoms in total. The minimum atomic E-state index is 0.0946. The van der Waals surface area contributed by atoms with Crippen LogP contribution in [-0.4, -0.2) is 49.1 Å². The Hall–Kier alpha value is -2.60. The fraction of sp³-hybridized carbons (Fsp3) is 0.333. The van der Waals surface area contributed by atoms with Crippen LogP contribution >= 0.6 is 11.3 Å². The van der Waals surface area contributed by atoms with Gasteiger partial charge in [-0.1, -0.05) is 29.5 Å². The monoisotopic (exact) mass is 381 g/mol. The zero-order valence-electron chi connectivity index (χ0n) is 15.6. The molecule has 0 bridgehead atoms. The summed E-state index contributed by atoms with van der Waals surface area (Å²) in [6, 6.07) is 15.8. The van der Waals surface area contributed by atoms with Crippen LogP contribution in [0.5, 0.6) is 5.19 Å². The van der Waals surface area contributed by atoms with Crippen LogP contribution < -0.4 is 9.64 Å². The first-order valence-electron chi connectivity index (χ1n) is 9.19. The van der Waals surface area contributed by atoms with E-state index in [0.29, 0.717) is 13.1 Å². The number of piperidine rings is 1. The third-order valence-corrected chi connectivity index (χ3v) is 5.81. The number of hydrogen-bond acceptors (Lipinski definition) is 5. The van der Waals surface area contributed by atoms with Crippen LogP contribution in [0.25, 0.3) is 10.2 Å². The van der Waals surface area contributed by atoms with E-state index in [1.807, 2.05) is 66.4 Å².